The molecule has 32 heavy (non-hydrogen) atoms. The summed E-state index contributed by atoms with van der Waals surface area (Å²) in [6, 6.07) is 16.1. The lowest BCUT2D eigenvalue weighted by Crippen LogP contribution is -2.60. The normalized spacial score (nSPS) is 20.7. The van der Waals surface area contributed by atoms with Crippen LogP contribution in [0.4, 0.5) is 4.79 Å². The Labute approximate surface area is 190 Å². The molecule has 0 aliphatic heterocycles. The summed E-state index contributed by atoms with van der Waals surface area (Å²) in [5, 5.41) is 13.0. The molecule has 2 aliphatic carbocycles. The Morgan fingerprint density at radius 1 is 1.06 bits per heavy atom. The van der Waals surface area contributed by atoms with Crippen LogP contribution in [-0.4, -0.2) is 42.0 Å². The summed E-state index contributed by atoms with van der Waals surface area (Å²) in [4.78, 5) is 25.2. The Morgan fingerprint density at radius 3 is 2.19 bits per heavy atom. The second-order valence-electron chi connectivity index (χ2n) is 7.72. The number of hydrogen-bond acceptors (Lipinski definition) is 5. The first-order valence-corrected chi connectivity index (χ1v) is 10.2. The number of nitrogens with one attached hydrogen (secondary N) is 1. The van der Waals surface area contributed by atoms with Gasteiger partial charge >= 0.3 is 12.1 Å². The number of aliphatic hydroxyl groups excluding tert-OH is 1. The van der Waals surface area contributed by atoms with Crippen LogP contribution in [0, 0.1) is 0 Å². The van der Waals surface area contributed by atoms with Crippen LogP contribution in [0.5, 0.6) is 0 Å². The van der Waals surface area contributed by atoms with Gasteiger partial charge in [0.2, 0.25) is 0 Å². The van der Waals surface area contributed by atoms with Crippen molar-refractivity contribution in [2.24, 2.45) is 0 Å². The summed E-state index contributed by atoms with van der Waals surface area (Å²) >= 11 is 0. The van der Waals surface area contributed by atoms with Crippen molar-refractivity contribution in [2.75, 3.05) is 13.2 Å². The summed E-state index contributed by atoms with van der Waals surface area (Å²) in [5.41, 5.74) is 3.00. The van der Waals surface area contributed by atoms with Crippen LogP contribution in [0.2, 0.25) is 0 Å². The van der Waals surface area contributed by atoms with E-state index in [1.807, 2.05) is 36.4 Å². The molecule has 6 nitrogen and oxygen atoms in total. The van der Waals surface area contributed by atoms with E-state index in [0.29, 0.717) is 19.3 Å². The number of alkyl carbamates (subject to hydrolysis) is 1. The fraction of sp³-hybridized carbons (Fsp3) is 0.385. The lowest BCUT2D eigenvalue weighted by atomic mass is 9.95. The van der Waals surface area contributed by atoms with Crippen molar-refractivity contribution >= 4 is 12.1 Å². The Kier molecular flexibility index (Phi) is 8.22. The van der Waals surface area contributed by atoms with Gasteiger partial charge in [-0.05, 0) is 41.5 Å². The minimum Gasteiger partial charge on any atom is -0.460 e. The summed E-state index contributed by atoms with van der Waals surface area (Å²) < 4.78 is 10.7. The van der Waals surface area contributed by atoms with E-state index >= 15 is 0 Å². The monoisotopic (exact) mass is 439 g/mol. The van der Waals surface area contributed by atoms with Gasteiger partial charge in [-0.25, -0.2) is 9.59 Å². The third-order valence-corrected chi connectivity index (χ3v) is 5.98. The topological polar surface area (TPSA) is 84.9 Å². The minimum atomic E-state index is -1.48. The molecule has 0 heterocycles. The molecule has 1 fully saturated rings. The van der Waals surface area contributed by atoms with Crippen LogP contribution in [0.25, 0.3) is 11.1 Å². The summed E-state index contributed by atoms with van der Waals surface area (Å²) in [7, 11) is 0. The Balaban J connectivity index is 0.00000181. The van der Waals surface area contributed by atoms with Crippen LogP contribution in [0.3, 0.4) is 0 Å². The van der Waals surface area contributed by atoms with Gasteiger partial charge in [0.05, 0.1) is 6.10 Å². The molecule has 0 saturated heterocycles. The van der Waals surface area contributed by atoms with E-state index in [4.69, 9.17) is 9.47 Å². The molecule has 6 heteroatoms. The predicted octanol–water partition coefficient (Wildman–Crippen LogP) is 4.81. The minimum absolute atomic E-state index is 0. The fourth-order valence-corrected chi connectivity index (χ4v) is 4.50. The van der Waals surface area contributed by atoms with Crippen molar-refractivity contribution in [1.82, 2.24) is 5.32 Å². The van der Waals surface area contributed by atoms with Crippen molar-refractivity contribution in [1.29, 1.82) is 0 Å². The van der Waals surface area contributed by atoms with Gasteiger partial charge in [-0.2, -0.15) is 0 Å². The molecule has 0 spiro atoms. The Morgan fingerprint density at radius 2 is 1.66 bits per heavy atom. The van der Waals surface area contributed by atoms with Gasteiger partial charge in [0.1, 0.15) is 13.2 Å². The average Bonchev–Trinajstić information content (AvgIpc) is 3.29. The molecule has 2 atom stereocenters. The molecular weight excluding hydrogens is 406 g/mol. The lowest BCUT2D eigenvalue weighted by Gasteiger charge is -2.30. The highest BCUT2D eigenvalue weighted by Crippen LogP contribution is 2.44. The van der Waals surface area contributed by atoms with Gasteiger partial charge in [0, 0.05) is 5.92 Å². The van der Waals surface area contributed by atoms with Crippen LogP contribution in [0.1, 0.15) is 51.2 Å². The third kappa shape index (κ3) is 4.41. The first kappa shape index (κ1) is 25.1. The number of fused-ring (bicyclic) bond motifs is 3. The SMILES string of the molecule is C.C.C=CCOC(=O)[C@@]1(NC(=O)OCC2c3ccccc3-c3ccccc32)CCC[C@H]1O. The lowest BCUT2D eigenvalue weighted by molar-refractivity contribution is -0.154. The van der Waals surface area contributed by atoms with Crippen molar-refractivity contribution in [3.8, 4) is 11.1 Å². The molecule has 0 aromatic heterocycles. The zero-order valence-electron chi connectivity index (χ0n) is 16.7. The number of esters is 1. The van der Waals surface area contributed by atoms with Crippen molar-refractivity contribution in [3.63, 3.8) is 0 Å². The van der Waals surface area contributed by atoms with Crippen molar-refractivity contribution < 1.29 is 24.2 Å². The van der Waals surface area contributed by atoms with Crippen LogP contribution < -0.4 is 5.32 Å². The van der Waals surface area contributed by atoms with Crippen LogP contribution in [-0.2, 0) is 14.3 Å². The number of carbonyl (C=O) groups is 2. The van der Waals surface area contributed by atoms with Crippen LogP contribution >= 0.6 is 0 Å². The molecule has 1 amide bonds. The van der Waals surface area contributed by atoms with E-state index in [9.17, 15) is 14.7 Å². The van der Waals surface area contributed by atoms with Gasteiger partial charge in [-0.15, -0.1) is 0 Å². The highest BCUT2D eigenvalue weighted by atomic mass is 16.6. The Hall–Kier alpha value is -3.12. The van der Waals surface area contributed by atoms with Gasteiger partial charge in [0.25, 0.3) is 0 Å². The predicted molar refractivity (Wildman–Crippen MR) is 125 cm³/mol. The molecule has 2 aromatic rings. The van der Waals surface area contributed by atoms with E-state index in [2.05, 4.69) is 24.0 Å². The summed E-state index contributed by atoms with van der Waals surface area (Å²) in [5.74, 6) is -0.749. The third-order valence-electron chi connectivity index (χ3n) is 5.98. The molecule has 4 rings (SSSR count). The molecule has 1 saturated carbocycles. The maximum absolute atomic E-state index is 12.6. The maximum Gasteiger partial charge on any atom is 0.408 e. The van der Waals surface area contributed by atoms with E-state index in [-0.39, 0.29) is 34.0 Å². The highest BCUT2D eigenvalue weighted by molar-refractivity contribution is 5.87. The standard InChI is InChI=1S/C24H25NO5.2CH4/c1-2-14-29-22(27)24(13-7-12-21(24)26)25-23(28)30-15-20-18-10-5-3-8-16(18)17-9-4-6-11-19(17)20;;/h2-6,8-11,20-21,26H,1,7,12-15H2,(H,25,28);2*1H4/t21-,24-;;/m1../s1. The van der Waals surface area contributed by atoms with Gasteiger partial charge in [-0.1, -0.05) is 76.0 Å². The number of amides is 1. The van der Waals surface area contributed by atoms with Crippen molar-refractivity contribution in [3.05, 3.63) is 72.3 Å². The highest BCUT2D eigenvalue weighted by Gasteiger charge is 2.51. The first-order chi connectivity index (χ1) is 14.6. The number of ether oxygens (including phenoxy) is 2. The number of rotatable bonds is 6. The maximum atomic E-state index is 12.6. The van der Waals surface area contributed by atoms with Crippen molar-refractivity contribution in [2.45, 2.75) is 51.7 Å². The summed E-state index contributed by atoms with van der Waals surface area (Å²) in [6.45, 7) is 3.67. The molecule has 2 aliphatic rings. The Bertz CT molecular complexity index is 927. The van der Waals surface area contributed by atoms with Gasteiger partial charge in [0.15, 0.2) is 5.54 Å². The number of benzene rings is 2. The molecule has 172 valence electrons. The number of hydrogen-bond donors (Lipinski definition) is 2. The van der Waals surface area contributed by atoms with E-state index in [1.165, 1.54) is 6.08 Å². The van der Waals surface area contributed by atoms with Gasteiger partial charge < -0.3 is 19.9 Å². The molecule has 0 bridgehead atoms. The molecule has 0 radical (unpaired) electrons. The molecular formula is C26H33NO5. The fourth-order valence-electron chi connectivity index (χ4n) is 4.50. The second-order valence-corrected chi connectivity index (χ2v) is 7.72. The zero-order valence-corrected chi connectivity index (χ0v) is 16.7. The van der Waals surface area contributed by atoms with E-state index in [1.54, 1.807) is 0 Å². The largest absolute Gasteiger partial charge is 0.460 e. The average molecular weight is 440 g/mol. The summed E-state index contributed by atoms with van der Waals surface area (Å²) in [6.07, 6.45) is 0.999. The molecule has 0 unspecified atom stereocenters. The van der Waals surface area contributed by atoms with Gasteiger partial charge in [-0.3, -0.25) is 0 Å². The molecule has 2 N–H and O–H groups in total. The number of carbonyl (C=O) groups excluding carboxylic acids is 2. The number of aliphatic hydroxyl groups is 1. The first-order valence-electron chi connectivity index (χ1n) is 10.2. The zero-order chi connectivity index (χ0) is 21.1. The van der Waals surface area contributed by atoms with E-state index in [0.717, 1.165) is 22.3 Å². The van der Waals surface area contributed by atoms with E-state index < -0.39 is 23.7 Å². The molecule has 2 aromatic carbocycles. The quantitative estimate of drug-likeness (QED) is 0.498. The smallest absolute Gasteiger partial charge is 0.408 e. The second kappa shape index (κ2) is 10.5. The van der Waals surface area contributed by atoms with Crippen LogP contribution in [0.15, 0.2) is 61.2 Å².